The Kier molecular flexibility index (Phi) is 6.93. The SMILES string of the molecule is CNCC#Cc1cc(Oc2cccc(C(=O)NCc3ccncc3)c2C)ccn1. The van der Waals surface area contributed by atoms with E-state index < -0.39 is 0 Å². The van der Waals surface area contributed by atoms with Crippen LogP contribution < -0.4 is 15.4 Å². The fourth-order valence-electron chi connectivity index (χ4n) is 2.64. The van der Waals surface area contributed by atoms with E-state index in [9.17, 15) is 4.79 Å². The lowest BCUT2D eigenvalue weighted by Crippen LogP contribution is -2.23. The first-order chi connectivity index (χ1) is 14.2. The van der Waals surface area contributed by atoms with Crippen molar-refractivity contribution in [3.8, 4) is 23.3 Å². The molecule has 0 aliphatic carbocycles. The van der Waals surface area contributed by atoms with Crippen molar-refractivity contribution in [2.45, 2.75) is 13.5 Å². The number of ether oxygens (including phenoxy) is 1. The van der Waals surface area contributed by atoms with Crippen molar-refractivity contribution < 1.29 is 9.53 Å². The van der Waals surface area contributed by atoms with Gasteiger partial charge in [0.1, 0.15) is 17.2 Å². The Morgan fingerprint density at radius 2 is 1.97 bits per heavy atom. The number of carbonyl (C=O) groups excluding carboxylic acids is 1. The van der Waals surface area contributed by atoms with E-state index in [1.807, 2.05) is 32.2 Å². The number of amides is 1. The molecular weight excluding hydrogens is 364 g/mol. The molecule has 0 bridgehead atoms. The topological polar surface area (TPSA) is 76.1 Å². The molecule has 2 N–H and O–H groups in total. The monoisotopic (exact) mass is 386 g/mol. The zero-order chi connectivity index (χ0) is 20.5. The fraction of sp³-hybridized carbons (Fsp3) is 0.174. The molecule has 146 valence electrons. The van der Waals surface area contributed by atoms with Gasteiger partial charge in [-0.05, 0) is 55.8 Å². The van der Waals surface area contributed by atoms with Crippen molar-refractivity contribution in [2.24, 2.45) is 0 Å². The summed E-state index contributed by atoms with van der Waals surface area (Å²) >= 11 is 0. The Labute approximate surface area is 170 Å². The van der Waals surface area contributed by atoms with Crippen molar-refractivity contribution >= 4 is 5.91 Å². The normalized spacial score (nSPS) is 10.0. The molecule has 2 heterocycles. The number of hydrogen-bond donors (Lipinski definition) is 2. The van der Waals surface area contributed by atoms with Crippen molar-refractivity contribution in [2.75, 3.05) is 13.6 Å². The van der Waals surface area contributed by atoms with Crippen LogP contribution >= 0.6 is 0 Å². The average Bonchev–Trinajstić information content (AvgIpc) is 2.75. The third kappa shape index (κ3) is 5.64. The van der Waals surface area contributed by atoms with E-state index in [0.29, 0.717) is 35.8 Å². The third-order valence-corrected chi connectivity index (χ3v) is 4.17. The maximum absolute atomic E-state index is 12.6. The van der Waals surface area contributed by atoms with Crippen LogP contribution in [0.15, 0.2) is 61.1 Å². The largest absolute Gasteiger partial charge is 0.457 e. The van der Waals surface area contributed by atoms with Crippen molar-refractivity contribution in [1.82, 2.24) is 20.6 Å². The van der Waals surface area contributed by atoms with Crippen LogP contribution in [0.4, 0.5) is 0 Å². The average molecular weight is 386 g/mol. The summed E-state index contributed by atoms with van der Waals surface area (Å²) in [6, 6.07) is 12.7. The summed E-state index contributed by atoms with van der Waals surface area (Å²) in [6.45, 7) is 2.89. The zero-order valence-electron chi connectivity index (χ0n) is 16.4. The maximum atomic E-state index is 12.6. The van der Waals surface area contributed by atoms with Crippen LogP contribution in [0.25, 0.3) is 0 Å². The smallest absolute Gasteiger partial charge is 0.251 e. The second-order valence-electron chi connectivity index (χ2n) is 6.28. The van der Waals surface area contributed by atoms with E-state index in [-0.39, 0.29) is 5.91 Å². The standard InChI is InChI=1S/C23H22N4O2/c1-17-21(23(28)27-16-18-8-12-25-13-9-18)6-3-7-22(17)29-20-10-14-26-19(15-20)5-4-11-24-2/h3,6-10,12-15,24H,11,16H2,1-2H3,(H,27,28). The van der Waals surface area contributed by atoms with Gasteiger partial charge in [0.2, 0.25) is 0 Å². The highest BCUT2D eigenvalue weighted by molar-refractivity contribution is 5.96. The molecule has 0 aliphatic rings. The van der Waals surface area contributed by atoms with E-state index in [4.69, 9.17) is 4.74 Å². The minimum absolute atomic E-state index is 0.155. The molecule has 0 fully saturated rings. The van der Waals surface area contributed by atoms with Gasteiger partial charge < -0.3 is 15.4 Å². The van der Waals surface area contributed by atoms with Gasteiger partial charge in [0.05, 0.1) is 6.54 Å². The number of hydrogen-bond acceptors (Lipinski definition) is 5. The molecule has 0 spiro atoms. The summed E-state index contributed by atoms with van der Waals surface area (Å²) in [5.74, 6) is 7.02. The van der Waals surface area contributed by atoms with Gasteiger partial charge in [0.25, 0.3) is 5.91 Å². The van der Waals surface area contributed by atoms with E-state index in [0.717, 1.165) is 11.1 Å². The molecule has 1 amide bonds. The summed E-state index contributed by atoms with van der Waals surface area (Å²) in [5.41, 5.74) is 2.95. The summed E-state index contributed by atoms with van der Waals surface area (Å²) in [5, 5.41) is 5.89. The number of nitrogens with zero attached hydrogens (tertiary/aromatic N) is 2. The number of carbonyl (C=O) groups is 1. The van der Waals surface area contributed by atoms with Gasteiger partial charge in [-0.2, -0.15) is 0 Å². The first-order valence-corrected chi connectivity index (χ1v) is 9.21. The molecule has 0 aliphatic heterocycles. The molecule has 0 unspecified atom stereocenters. The molecule has 29 heavy (non-hydrogen) atoms. The first-order valence-electron chi connectivity index (χ1n) is 9.21. The minimum Gasteiger partial charge on any atom is -0.457 e. The van der Waals surface area contributed by atoms with Crippen LogP contribution in [0.2, 0.25) is 0 Å². The molecule has 6 nitrogen and oxygen atoms in total. The molecule has 3 aromatic rings. The van der Waals surface area contributed by atoms with Crippen LogP contribution in [0.3, 0.4) is 0 Å². The molecule has 2 aromatic heterocycles. The molecule has 1 aromatic carbocycles. The van der Waals surface area contributed by atoms with E-state index in [2.05, 4.69) is 32.4 Å². The lowest BCUT2D eigenvalue weighted by molar-refractivity contribution is 0.0950. The number of rotatable bonds is 6. The zero-order valence-corrected chi connectivity index (χ0v) is 16.4. The van der Waals surface area contributed by atoms with Crippen LogP contribution in [0, 0.1) is 18.8 Å². The van der Waals surface area contributed by atoms with Gasteiger partial charge >= 0.3 is 0 Å². The summed E-state index contributed by atoms with van der Waals surface area (Å²) in [7, 11) is 1.84. The Morgan fingerprint density at radius 3 is 2.76 bits per heavy atom. The second kappa shape index (κ2) is 10.0. The Bertz CT molecular complexity index is 1040. The summed E-state index contributed by atoms with van der Waals surface area (Å²) in [4.78, 5) is 20.8. The number of aromatic nitrogens is 2. The van der Waals surface area contributed by atoms with Gasteiger partial charge in [-0.15, -0.1) is 0 Å². The van der Waals surface area contributed by atoms with Crippen molar-refractivity contribution in [3.63, 3.8) is 0 Å². The highest BCUT2D eigenvalue weighted by atomic mass is 16.5. The van der Waals surface area contributed by atoms with Crippen molar-refractivity contribution in [3.05, 3.63) is 83.4 Å². The van der Waals surface area contributed by atoms with Crippen LogP contribution in [-0.4, -0.2) is 29.5 Å². The predicted octanol–water partition coefficient (Wildman–Crippen LogP) is 3.08. The van der Waals surface area contributed by atoms with Gasteiger partial charge in [-0.3, -0.25) is 9.78 Å². The second-order valence-corrected chi connectivity index (χ2v) is 6.28. The maximum Gasteiger partial charge on any atom is 0.251 e. The van der Waals surface area contributed by atoms with Crippen LogP contribution in [0.5, 0.6) is 11.5 Å². The fourth-order valence-corrected chi connectivity index (χ4v) is 2.64. The highest BCUT2D eigenvalue weighted by Crippen LogP contribution is 2.27. The van der Waals surface area contributed by atoms with E-state index in [1.54, 1.807) is 42.9 Å². The highest BCUT2D eigenvalue weighted by Gasteiger charge is 2.13. The van der Waals surface area contributed by atoms with Crippen LogP contribution in [-0.2, 0) is 6.54 Å². The lowest BCUT2D eigenvalue weighted by atomic mass is 10.1. The van der Waals surface area contributed by atoms with Gasteiger partial charge in [-0.25, -0.2) is 4.98 Å². The Balaban J connectivity index is 1.73. The van der Waals surface area contributed by atoms with Gasteiger partial charge in [-0.1, -0.05) is 12.0 Å². The molecular formula is C23H22N4O2. The lowest BCUT2D eigenvalue weighted by Gasteiger charge is -2.13. The molecule has 0 saturated carbocycles. The van der Waals surface area contributed by atoms with E-state index >= 15 is 0 Å². The number of benzene rings is 1. The molecule has 0 radical (unpaired) electrons. The Morgan fingerprint density at radius 1 is 1.14 bits per heavy atom. The third-order valence-electron chi connectivity index (χ3n) is 4.17. The first kappa shape index (κ1) is 20.1. The molecule has 0 saturated heterocycles. The van der Waals surface area contributed by atoms with Crippen molar-refractivity contribution in [1.29, 1.82) is 0 Å². The number of nitrogens with one attached hydrogen (secondary N) is 2. The minimum atomic E-state index is -0.155. The molecule has 0 atom stereocenters. The molecule has 6 heteroatoms. The Hall–Kier alpha value is -3.69. The molecule has 3 rings (SSSR count). The van der Waals surface area contributed by atoms with Gasteiger partial charge in [0.15, 0.2) is 0 Å². The van der Waals surface area contributed by atoms with Gasteiger partial charge in [0, 0.05) is 42.3 Å². The number of pyridine rings is 2. The predicted molar refractivity (Wildman–Crippen MR) is 112 cm³/mol. The summed E-state index contributed by atoms with van der Waals surface area (Å²) < 4.78 is 6.00. The van der Waals surface area contributed by atoms with Crippen LogP contribution in [0.1, 0.15) is 27.2 Å². The quantitative estimate of drug-likeness (QED) is 0.637. The summed E-state index contributed by atoms with van der Waals surface area (Å²) in [6.07, 6.45) is 5.06. The van der Waals surface area contributed by atoms with E-state index in [1.165, 1.54) is 0 Å².